The van der Waals surface area contributed by atoms with Crippen LogP contribution in [0, 0.1) is 0 Å². The summed E-state index contributed by atoms with van der Waals surface area (Å²) in [6.45, 7) is 1.68. The first-order valence-electron chi connectivity index (χ1n) is 9.83. The number of likely N-dealkylation sites (tertiary alicyclic amines) is 1. The lowest BCUT2D eigenvalue weighted by Crippen LogP contribution is -2.54. The van der Waals surface area contributed by atoms with E-state index in [1.165, 1.54) is 11.0 Å². The van der Waals surface area contributed by atoms with Crippen LogP contribution in [-0.4, -0.2) is 51.0 Å². The number of hydrogen-bond donors (Lipinski definition) is 2. The fourth-order valence-corrected chi connectivity index (χ4v) is 4.32. The fourth-order valence-electron chi connectivity index (χ4n) is 4.16. The molecule has 2 N–H and O–H groups in total. The number of rotatable bonds is 2. The molecule has 0 unspecified atom stereocenters. The monoisotopic (exact) mass is 414 g/mol. The topological polar surface area (TPSA) is 81.1 Å². The second-order valence-electron chi connectivity index (χ2n) is 7.63. The Morgan fingerprint density at radius 2 is 1.66 bits per heavy atom. The van der Waals surface area contributed by atoms with E-state index in [4.69, 9.17) is 11.6 Å². The van der Waals surface area contributed by atoms with Gasteiger partial charge < -0.3 is 20.0 Å². The third-order valence-electron chi connectivity index (χ3n) is 5.76. The minimum Gasteiger partial charge on any atom is -0.507 e. The molecule has 2 aliphatic heterocycles. The number of carbonyl (C=O) groups excluding carboxylic acids is 2. The number of amides is 2. The van der Waals surface area contributed by atoms with E-state index in [-0.39, 0.29) is 34.5 Å². The Bertz CT molecular complexity index is 956. The van der Waals surface area contributed by atoms with Crippen molar-refractivity contribution in [3.05, 3.63) is 58.1 Å². The third kappa shape index (κ3) is 3.77. The maximum Gasteiger partial charge on any atom is 0.258 e. The zero-order valence-electron chi connectivity index (χ0n) is 16.0. The Morgan fingerprint density at radius 3 is 2.38 bits per heavy atom. The molecular weight excluding hydrogens is 392 g/mol. The molecule has 2 aromatic carbocycles. The van der Waals surface area contributed by atoms with Gasteiger partial charge in [0.25, 0.3) is 5.91 Å². The van der Waals surface area contributed by atoms with Gasteiger partial charge in [0.05, 0.1) is 10.6 Å². The van der Waals surface area contributed by atoms with Crippen LogP contribution in [0.5, 0.6) is 11.5 Å². The van der Waals surface area contributed by atoms with E-state index in [1.807, 2.05) is 29.2 Å². The van der Waals surface area contributed by atoms with Crippen LogP contribution in [0.2, 0.25) is 5.02 Å². The molecule has 2 aliphatic rings. The van der Waals surface area contributed by atoms with Crippen molar-refractivity contribution in [3.8, 4) is 11.5 Å². The predicted octanol–water partition coefficient (Wildman–Crippen LogP) is 3.33. The molecule has 1 atom stereocenters. The van der Waals surface area contributed by atoms with E-state index in [0.717, 1.165) is 36.5 Å². The number of phenols is 2. The van der Waals surface area contributed by atoms with Crippen molar-refractivity contribution in [2.45, 2.75) is 38.3 Å². The van der Waals surface area contributed by atoms with Gasteiger partial charge in [-0.05, 0) is 36.5 Å². The normalized spacial score (nSPS) is 19.0. The number of carbonyl (C=O) groups is 2. The maximum atomic E-state index is 13.3. The largest absolute Gasteiger partial charge is 0.507 e. The molecule has 7 heteroatoms. The number of fused-ring (bicyclic) bond motifs is 1. The molecule has 2 amide bonds. The quantitative estimate of drug-likeness (QED) is 0.789. The smallest absolute Gasteiger partial charge is 0.258 e. The van der Waals surface area contributed by atoms with Crippen molar-refractivity contribution >= 4 is 23.4 Å². The van der Waals surface area contributed by atoms with Gasteiger partial charge in [-0.2, -0.15) is 0 Å². The molecule has 0 aliphatic carbocycles. The summed E-state index contributed by atoms with van der Waals surface area (Å²) in [6.07, 6.45) is 3.48. The average molecular weight is 415 g/mol. The molecule has 1 fully saturated rings. The minimum absolute atomic E-state index is 0.0244. The van der Waals surface area contributed by atoms with Crippen molar-refractivity contribution in [3.63, 3.8) is 0 Å². The Morgan fingerprint density at radius 1 is 0.966 bits per heavy atom. The standard InChI is InChI=1S/C22H23ClN2O4/c23-17-11-16(19(26)12-20(17)27)21(28)25-13-15-7-3-2-6-14(15)10-18(25)22(29)24-8-4-1-5-9-24/h2-3,6-7,11-12,18,26-27H,1,4-5,8-10,13H2/t18-/m0/s1. The summed E-state index contributed by atoms with van der Waals surface area (Å²) in [5.74, 6) is -1.20. The lowest BCUT2D eigenvalue weighted by Gasteiger charge is -2.39. The molecule has 6 nitrogen and oxygen atoms in total. The highest BCUT2D eigenvalue weighted by molar-refractivity contribution is 6.32. The van der Waals surface area contributed by atoms with Gasteiger partial charge in [-0.25, -0.2) is 0 Å². The molecule has 4 rings (SSSR count). The highest BCUT2D eigenvalue weighted by Crippen LogP contribution is 2.34. The Hall–Kier alpha value is -2.73. The first-order chi connectivity index (χ1) is 14.0. The lowest BCUT2D eigenvalue weighted by atomic mass is 9.92. The molecule has 0 bridgehead atoms. The molecule has 0 aromatic heterocycles. The zero-order valence-corrected chi connectivity index (χ0v) is 16.7. The third-order valence-corrected chi connectivity index (χ3v) is 6.06. The van der Waals surface area contributed by atoms with E-state index >= 15 is 0 Å². The molecule has 0 spiro atoms. The molecular formula is C22H23ClN2O4. The van der Waals surface area contributed by atoms with E-state index in [0.29, 0.717) is 19.5 Å². The fraction of sp³-hybridized carbons (Fsp3) is 0.364. The minimum atomic E-state index is -0.637. The van der Waals surface area contributed by atoms with Crippen LogP contribution >= 0.6 is 11.6 Å². The van der Waals surface area contributed by atoms with Crippen LogP contribution in [0.25, 0.3) is 0 Å². The van der Waals surface area contributed by atoms with Gasteiger partial charge in [0, 0.05) is 32.1 Å². The second kappa shape index (κ2) is 7.95. The average Bonchev–Trinajstić information content (AvgIpc) is 2.75. The molecule has 0 saturated carbocycles. The summed E-state index contributed by atoms with van der Waals surface area (Å²) in [4.78, 5) is 30.0. The van der Waals surface area contributed by atoms with Gasteiger partial charge in [0.2, 0.25) is 5.91 Å². The van der Waals surface area contributed by atoms with Gasteiger partial charge in [0.1, 0.15) is 17.5 Å². The molecule has 2 aromatic rings. The summed E-state index contributed by atoms with van der Waals surface area (Å²) in [7, 11) is 0. The van der Waals surface area contributed by atoms with Gasteiger partial charge >= 0.3 is 0 Å². The second-order valence-corrected chi connectivity index (χ2v) is 8.04. The Balaban J connectivity index is 1.70. The number of benzene rings is 2. The van der Waals surface area contributed by atoms with Gasteiger partial charge in [-0.3, -0.25) is 9.59 Å². The van der Waals surface area contributed by atoms with Crippen LogP contribution in [-0.2, 0) is 17.8 Å². The van der Waals surface area contributed by atoms with Crippen molar-refractivity contribution in [2.24, 2.45) is 0 Å². The number of aromatic hydroxyl groups is 2. The summed E-state index contributed by atoms with van der Waals surface area (Å²) >= 11 is 5.96. The number of phenolic OH excluding ortho intramolecular Hbond substituents is 2. The highest BCUT2D eigenvalue weighted by atomic mass is 35.5. The lowest BCUT2D eigenvalue weighted by molar-refractivity contribution is -0.137. The Kier molecular flexibility index (Phi) is 5.37. The van der Waals surface area contributed by atoms with Gasteiger partial charge in [-0.15, -0.1) is 0 Å². The summed E-state index contributed by atoms with van der Waals surface area (Å²) in [5.41, 5.74) is 2.01. The van der Waals surface area contributed by atoms with Gasteiger partial charge in [0.15, 0.2) is 0 Å². The SMILES string of the molecule is O=C([C@@H]1Cc2ccccc2CN1C(=O)c1cc(Cl)c(O)cc1O)N1CCCCC1. The molecule has 1 saturated heterocycles. The van der Waals surface area contributed by atoms with E-state index < -0.39 is 11.9 Å². The van der Waals surface area contributed by atoms with Crippen molar-refractivity contribution < 1.29 is 19.8 Å². The Labute approximate surface area is 174 Å². The van der Waals surface area contributed by atoms with E-state index in [1.54, 1.807) is 0 Å². The first-order valence-corrected chi connectivity index (χ1v) is 10.2. The molecule has 0 radical (unpaired) electrons. The van der Waals surface area contributed by atoms with Crippen molar-refractivity contribution in [1.82, 2.24) is 9.80 Å². The highest BCUT2D eigenvalue weighted by Gasteiger charge is 2.38. The van der Waals surface area contributed by atoms with Crippen LogP contribution in [0.1, 0.15) is 40.7 Å². The van der Waals surface area contributed by atoms with E-state index in [2.05, 4.69) is 0 Å². The molecule has 2 heterocycles. The maximum absolute atomic E-state index is 13.3. The number of nitrogens with zero attached hydrogens (tertiary/aromatic N) is 2. The van der Waals surface area contributed by atoms with Crippen molar-refractivity contribution in [2.75, 3.05) is 13.1 Å². The molecule has 152 valence electrons. The van der Waals surface area contributed by atoms with Crippen LogP contribution in [0.4, 0.5) is 0 Å². The van der Waals surface area contributed by atoms with Gasteiger partial charge in [-0.1, -0.05) is 35.9 Å². The summed E-state index contributed by atoms with van der Waals surface area (Å²) < 4.78 is 0. The number of hydrogen-bond acceptors (Lipinski definition) is 4. The summed E-state index contributed by atoms with van der Waals surface area (Å²) in [6, 6.07) is 9.44. The van der Waals surface area contributed by atoms with Crippen LogP contribution < -0.4 is 0 Å². The van der Waals surface area contributed by atoms with Crippen LogP contribution in [0.15, 0.2) is 36.4 Å². The zero-order chi connectivity index (χ0) is 20.5. The number of piperidine rings is 1. The number of halogens is 1. The predicted molar refractivity (Wildman–Crippen MR) is 109 cm³/mol. The van der Waals surface area contributed by atoms with E-state index in [9.17, 15) is 19.8 Å². The molecule has 29 heavy (non-hydrogen) atoms. The summed E-state index contributed by atoms with van der Waals surface area (Å²) in [5, 5.41) is 19.9. The van der Waals surface area contributed by atoms with Crippen LogP contribution in [0.3, 0.4) is 0 Å². The van der Waals surface area contributed by atoms with Crippen molar-refractivity contribution in [1.29, 1.82) is 0 Å². The first kappa shape index (κ1) is 19.6.